The molecule has 0 saturated carbocycles. The van der Waals surface area contributed by atoms with E-state index in [1.165, 1.54) is 74.8 Å². The van der Waals surface area contributed by atoms with Gasteiger partial charge in [-0.15, -0.1) is 0 Å². The average Bonchev–Trinajstić information content (AvgIpc) is 3.46. The summed E-state index contributed by atoms with van der Waals surface area (Å²) in [6.07, 6.45) is 7.19. The van der Waals surface area contributed by atoms with Crippen LogP contribution in [0.5, 0.6) is 11.5 Å². The number of nitrogens with zero attached hydrogens (tertiary/aromatic N) is 7. The van der Waals surface area contributed by atoms with Crippen LogP contribution in [0, 0.1) is 5.82 Å². The van der Waals surface area contributed by atoms with Crippen LogP contribution < -0.4 is 19.9 Å². The first-order chi connectivity index (χ1) is 19.6. The number of pyridine rings is 1. The van der Waals surface area contributed by atoms with Gasteiger partial charge in [0, 0.05) is 50.5 Å². The first-order valence-corrected chi connectivity index (χ1v) is 13.6. The summed E-state index contributed by atoms with van der Waals surface area (Å²) in [5.74, 6) is -0.413. The predicted octanol–water partition coefficient (Wildman–Crippen LogP) is 3.13. The number of hydrogen-bond acceptors (Lipinski definition) is 9. The topological polar surface area (TPSA) is 125 Å². The van der Waals surface area contributed by atoms with Crippen LogP contribution in [0.4, 0.5) is 15.8 Å². The number of benzene rings is 2. The number of methoxy groups -OCH3 is 2. The van der Waals surface area contributed by atoms with Gasteiger partial charge in [0.15, 0.2) is 11.6 Å². The lowest BCUT2D eigenvalue weighted by molar-refractivity contribution is 0.374. The third-order valence-corrected chi connectivity index (χ3v) is 8.16. The van der Waals surface area contributed by atoms with Gasteiger partial charge < -0.3 is 14.4 Å². The van der Waals surface area contributed by atoms with Gasteiger partial charge in [-0.2, -0.15) is 12.7 Å². The Morgan fingerprint density at radius 2 is 1.83 bits per heavy atom. The number of anilines is 2. The molecule has 2 aromatic carbocycles. The van der Waals surface area contributed by atoms with E-state index in [-0.39, 0.29) is 34.8 Å². The largest absolute Gasteiger partial charge is 0.497 e. The zero-order valence-corrected chi connectivity index (χ0v) is 23.4. The van der Waals surface area contributed by atoms with Gasteiger partial charge >= 0.3 is 10.2 Å². The highest BCUT2D eigenvalue weighted by Crippen LogP contribution is 2.38. The Morgan fingerprint density at radius 1 is 1.02 bits per heavy atom. The normalized spacial score (nSPS) is 11.7. The van der Waals surface area contributed by atoms with E-state index in [2.05, 4.69) is 15.0 Å². The minimum atomic E-state index is -3.94. The van der Waals surface area contributed by atoms with E-state index in [1.54, 1.807) is 36.5 Å². The summed E-state index contributed by atoms with van der Waals surface area (Å²) in [5, 5.41) is 0.248. The van der Waals surface area contributed by atoms with Gasteiger partial charge in [0.25, 0.3) is 5.56 Å². The molecule has 212 valence electrons. The van der Waals surface area contributed by atoms with Crippen molar-refractivity contribution < 1.29 is 22.3 Å². The molecule has 0 atom stereocenters. The van der Waals surface area contributed by atoms with Gasteiger partial charge in [-0.25, -0.2) is 18.3 Å². The van der Waals surface area contributed by atoms with E-state index in [1.807, 2.05) is 0 Å². The zero-order valence-electron chi connectivity index (χ0n) is 22.6. The summed E-state index contributed by atoms with van der Waals surface area (Å²) < 4.78 is 55.8. The van der Waals surface area contributed by atoms with Crippen LogP contribution in [-0.2, 0) is 16.8 Å². The molecule has 41 heavy (non-hydrogen) atoms. The predicted molar refractivity (Wildman–Crippen MR) is 151 cm³/mol. The minimum absolute atomic E-state index is 0.00817. The Labute approximate surface area is 235 Å². The van der Waals surface area contributed by atoms with Crippen molar-refractivity contribution in [2.24, 2.45) is 0 Å². The lowest BCUT2D eigenvalue weighted by atomic mass is 10.1. The van der Waals surface area contributed by atoms with E-state index >= 15 is 4.39 Å². The van der Waals surface area contributed by atoms with E-state index in [0.29, 0.717) is 22.6 Å². The minimum Gasteiger partial charge on any atom is -0.497 e. The van der Waals surface area contributed by atoms with Crippen molar-refractivity contribution in [3.63, 3.8) is 0 Å². The lowest BCUT2D eigenvalue weighted by Gasteiger charge is -2.27. The lowest BCUT2D eigenvalue weighted by Crippen LogP contribution is -2.31. The number of hydrogen-bond donors (Lipinski definition) is 0. The molecule has 0 radical (unpaired) electrons. The highest BCUT2D eigenvalue weighted by atomic mass is 32.2. The SMILES string of the molecule is COc1cc(OC)c(F)c(N(Cc2nccn2S(=O)(=O)N(C)C)c2ccc3ncn(-c4cccnc4)c(=O)c3c2)c1. The van der Waals surface area contributed by atoms with Crippen molar-refractivity contribution in [3.8, 4) is 17.2 Å². The summed E-state index contributed by atoms with van der Waals surface area (Å²) in [6, 6.07) is 11.1. The second-order valence-corrected chi connectivity index (χ2v) is 11.0. The molecule has 0 unspecified atom stereocenters. The van der Waals surface area contributed by atoms with Crippen LogP contribution in [0.2, 0.25) is 0 Å². The van der Waals surface area contributed by atoms with E-state index in [4.69, 9.17) is 9.47 Å². The Morgan fingerprint density at radius 3 is 2.51 bits per heavy atom. The first-order valence-electron chi connectivity index (χ1n) is 12.2. The fraction of sp³-hybridized carbons (Fsp3) is 0.185. The Balaban J connectivity index is 1.73. The van der Waals surface area contributed by atoms with Crippen molar-refractivity contribution >= 4 is 32.5 Å². The van der Waals surface area contributed by atoms with Gasteiger partial charge in [0.1, 0.15) is 17.9 Å². The number of halogens is 1. The zero-order chi connectivity index (χ0) is 29.3. The second kappa shape index (κ2) is 11.0. The summed E-state index contributed by atoms with van der Waals surface area (Å²) >= 11 is 0. The molecule has 3 heterocycles. The molecule has 0 amide bonds. The Bertz CT molecular complexity index is 1890. The molecule has 0 fully saturated rings. The maximum atomic E-state index is 15.8. The first kappa shape index (κ1) is 27.7. The van der Waals surface area contributed by atoms with Gasteiger partial charge in [-0.1, -0.05) is 0 Å². The monoisotopic (exact) mass is 579 g/mol. The number of imidazole rings is 1. The van der Waals surface area contributed by atoms with Crippen LogP contribution in [-0.4, -0.2) is 64.5 Å². The van der Waals surface area contributed by atoms with Gasteiger partial charge in [0.05, 0.1) is 49.2 Å². The number of aromatic nitrogens is 5. The van der Waals surface area contributed by atoms with Crippen LogP contribution in [0.25, 0.3) is 16.6 Å². The van der Waals surface area contributed by atoms with Crippen LogP contribution in [0.1, 0.15) is 5.82 Å². The molecule has 3 aromatic heterocycles. The third kappa shape index (κ3) is 5.10. The fourth-order valence-corrected chi connectivity index (χ4v) is 5.19. The van der Waals surface area contributed by atoms with E-state index in [9.17, 15) is 13.2 Å². The second-order valence-electron chi connectivity index (χ2n) is 9.01. The highest BCUT2D eigenvalue weighted by molar-refractivity contribution is 7.87. The molecule has 0 bridgehead atoms. The molecular weight excluding hydrogens is 553 g/mol. The third-order valence-electron chi connectivity index (χ3n) is 6.41. The molecular formula is C27H26FN7O5S. The summed E-state index contributed by atoms with van der Waals surface area (Å²) in [7, 11) is 1.61. The summed E-state index contributed by atoms with van der Waals surface area (Å²) in [6.45, 7) is -0.199. The molecule has 0 spiro atoms. The van der Waals surface area contributed by atoms with Crippen molar-refractivity contribution in [2.75, 3.05) is 33.2 Å². The molecule has 0 N–H and O–H groups in total. The van der Waals surface area contributed by atoms with Gasteiger partial charge in [-0.3, -0.25) is 14.3 Å². The van der Waals surface area contributed by atoms with Crippen molar-refractivity contribution in [1.82, 2.24) is 27.8 Å². The fourth-order valence-electron chi connectivity index (χ4n) is 4.26. The Kier molecular flexibility index (Phi) is 7.43. The van der Waals surface area contributed by atoms with E-state index < -0.39 is 16.0 Å². The molecule has 14 heteroatoms. The molecule has 0 aliphatic rings. The smallest absolute Gasteiger partial charge is 0.308 e. The Hall–Kier alpha value is -4.82. The average molecular weight is 580 g/mol. The standard InChI is InChI=1S/C27H26FN7O5S/c1-32(2)41(37,38)35-11-10-30-25(35)16-33(23-13-20(39-3)14-24(40-4)26(23)28)18-7-8-22-21(12-18)27(36)34(17-31-22)19-6-5-9-29-15-19/h5-15,17H,16H2,1-4H3. The molecule has 0 aliphatic carbocycles. The van der Waals surface area contributed by atoms with Crippen molar-refractivity contribution in [2.45, 2.75) is 6.54 Å². The summed E-state index contributed by atoms with van der Waals surface area (Å²) in [5.41, 5.74) is 0.943. The maximum Gasteiger partial charge on any atom is 0.308 e. The molecule has 5 aromatic rings. The number of rotatable bonds is 9. The molecule has 12 nitrogen and oxygen atoms in total. The quantitative estimate of drug-likeness (QED) is 0.259. The molecule has 0 saturated heterocycles. The summed E-state index contributed by atoms with van der Waals surface area (Å²) in [4.78, 5) is 27.8. The number of ether oxygens (including phenoxy) is 2. The highest BCUT2D eigenvalue weighted by Gasteiger charge is 2.25. The molecule has 5 rings (SSSR count). The van der Waals surface area contributed by atoms with Gasteiger partial charge in [0.2, 0.25) is 0 Å². The number of fused-ring (bicyclic) bond motifs is 1. The van der Waals surface area contributed by atoms with E-state index in [0.717, 1.165) is 8.28 Å². The van der Waals surface area contributed by atoms with Crippen LogP contribution in [0.15, 0.2) is 78.4 Å². The van der Waals surface area contributed by atoms with Crippen LogP contribution >= 0.6 is 0 Å². The van der Waals surface area contributed by atoms with Gasteiger partial charge in [-0.05, 0) is 30.3 Å². The molecule has 0 aliphatic heterocycles. The maximum absolute atomic E-state index is 15.8. The van der Waals surface area contributed by atoms with Crippen molar-refractivity contribution in [3.05, 3.63) is 95.6 Å². The van der Waals surface area contributed by atoms with Crippen LogP contribution in [0.3, 0.4) is 0 Å². The van der Waals surface area contributed by atoms with Crippen molar-refractivity contribution in [1.29, 1.82) is 0 Å².